The molecule has 0 bridgehead atoms. The van der Waals surface area contributed by atoms with E-state index in [0.29, 0.717) is 23.4 Å². The van der Waals surface area contributed by atoms with Crippen molar-refractivity contribution in [2.24, 2.45) is 10.9 Å². The molecule has 2 saturated heterocycles. The van der Waals surface area contributed by atoms with E-state index in [2.05, 4.69) is 55.7 Å². The van der Waals surface area contributed by atoms with Crippen LogP contribution in [0.1, 0.15) is 18.4 Å². The van der Waals surface area contributed by atoms with Gasteiger partial charge in [0.15, 0.2) is 18.2 Å². The highest BCUT2D eigenvalue weighted by molar-refractivity contribution is 7.99. The first-order valence-electron chi connectivity index (χ1n) is 13.7. The number of tetrazole rings is 1. The van der Waals surface area contributed by atoms with Crippen molar-refractivity contribution in [3.63, 3.8) is 0 Å². The van der Waals surface area contributed by atoms with E-state index in [-0.39, 0.29) is 11.9 Å². The first kappa shape index (κ1) is 26.3. The molecule has 0 spiro atoms. The Hall–Kier alpha value is -3.93. The van der Waals surface area contributed by atoms with Crippen molar-refractivity contribution in [2.45, 2.75) is 36.6 Å². The molecule has 3 amide bonds. The van der Waals surface area contributed by atoms with Gasteiger partial charge in [0.2, 0.25) is 5.16 Å². The van der Waals surface area contributed by atoms with Crippen molar-refractivity contribution < 1.29 is 9.59 Å². The predicted octanol–water partition coefficient (Wildman–Crippen LogP) is 2.60. The van der Waals surface area contributed by atoms with Crippen LogP contribution < -0.4 is 0 Å². The first-order chi connectivity index (χ1) is 19.5. The minimum absolute atomic E-state index is 0.218. The molecule has 40 heavy (non-hydrogen) atoms. The number of hydrogen-bond donors (Lipinski definition) is 0. The molecule has 4 heterocycles. The van der Waals surface area contributed by atoms with Gasteiger partial charge in [-0.25, -0.2) is 9.79 Å². The summed E-state index contributed by atoms with van der Waals surface area (Å²) in [4.78, 5) is 38.3. The molecule has 2 fully saturated rings. The molecule has 0 radical (unpaired) electrons. The first-order valence-corrected chi connectivity index (χ1v) is 14.6. The Bertz CT molecular complexity index is 1370. The molecule has 3 aliphatic heterocycles. The van der Waals surface area contributed by atoms with Crippen molar-refractivity contribution >= 4 is 29.7 Å². The zero-order valence-corrected chi connectivity index (χ0v) is 23.5. The van der Waals surface area contributed by atoms with Gasteiger partial charge in [-0.2, -0.15) is 4.68 Å². The van der Waals surface area contributed by atoms with Crippen LogP contribution in [0, 0.1) is 5.92 Å². The van der Waals surface area contributed by atoms with E-state index >= 15 is 0 Å². The van der Waals surface area contributed by atoms with Gasteiger partial charge < -0.3 is 14.7 Å². The summed E-state index contributed by atoms with van der Waals surface area (Å²) in [5.41, 5.74) is 2.26. The SMILES string of the molecule is CN1C(=O)C2C(N=C(N3CCC(Cc4ccccc4)CC3)N2CCSc2nnnn2-c2ccccc2)N(C)C1=O. The lowest BCUT2D eigenvalue weighted by atomic mass is 9.90. The highest BCUT2D eigenvalue weighted by Crippen LogP contribution is 2.31. The second-order valence-corrected chi connectivity index (χ2v) is 11.5. The summed E-state index contributed by atoms with van der Waals surface area (Å²) < 4.78 is 1.72. The lowest BCUT2D eigenvalue weighted by Crippen LogP contribution is -2.64. The van der Waals surface area contributed by atoms with Crippen molar-refractivity contribution in [3.8, 4) is 5.69 Å². The van der Waals surface area contributed by atoms with Gasteiger partial charge in [-0.1, -0.05) is 60.3 Å². The van der Waals surface area contributed by atoms with Gasteiger partial charge in [0.25, 0.3) is 5.91 Å². The maximum absolute atomic E-state index is 13.4. The molecule has 0 N–H and O–H groups in total. The maximum atomic E-state index is 13.4. The predicted molar refractivity (Wildman–Crippen MR) is 152 cm³/mol. The second kappa shape index (κ2) is 11.3. The number of carbonyl (C=O) groups excluding carboxylic acids is 2. The Kier molecular flexibility index (Phi) is 7.42. The fraction of sp³-hybridized carbons (Fsp3) is 0.429. The number of guanidine groups is 1. The molecule has 6 rings (SSSR count). The van der Waals surface area contributed by atoms with E-state index in [1.54, 1.807) is 23.7 Å². The monoisotopic (exact) mass is 559 g/mol. The van der Waals surface area contributed by atoms with Crippen molar-refractivity contribution in [1.29, 1.82) is 0 Å². The molecule has 3 aliphatic rings. The molecule has 208 valence electrons. The largest absolute Gasteiger partial charge is 0.343 e. The lowest BCUT2D eigenvalue weighted by Gasteiger charge is -2.41. The van der Waals surface area contributed by atoms with Crippen LogP contribution in [0.25, 0.3) is 5.69 Å². The van der Waals surface area contributed by atoms with Crippen LogP contribution in [0.3, 0.4) is 0 Å². The molecule has 0 aliphatic carbocycles. The average Bonchev–Trinajstić information content (AvgIpc) is 3.62. The van der Waals surface area contributed by atoms with Gasteiger partial charge in [-0.05, 0) is 53.3 Å². The number of nitrogens with zero attached hydrogens (tertiary/aromatic N) is 9. The van der Waals surface area contributed by atoms with Crippen molar-refractivity contribution in [2.75, 3.05) is 39.5 Å². The van der Waals surface area contributed by atoms with Crippen LogP contribution in [-0.4, -0.2) is 109 Å². The summed E-state index contributed by atoms with van der Waals surface area (Å²) in [7, 11) is 3.27. The van der Waals surface area contributed by atoms with Gasteiger partial charge in [0.1, 0.15) is 0 Å². The zero-order valence-electron chi connectivity index (χ0n) is 22.7. The number of rotatable bonds is 7. The number of piperidine rings is 1. The molecule has 2 atom stereocenters. The normalized spacial score (nSPS) is 21.7. The van der Waals surface area contributed by atoms with Crippen LogP contribution in [0.4, 0.5) is 4.79 Å². The van der Waals surface area contributed by atoms with E-state index in [4.69, 9.17) is 4.99 Å². The Morgan fingerprint density at radius 2 is 1.65 bits per heavy atom. The van der Waals surface area contributed by atoms with Crippen molar-refractivity contribution in [1.82, 2.24) is 39.8 Å². The summed E-state index contributed by atoms with van der Waals surface area (Å²) in [6.45, 7) is 2.30. The highest BCUT2D eigenvalue weighted by Gasteiger charge is 2.52. The van der Waals surface area contributed by atoms with Crippen LogP contribution in [0.15, 0.2) is 70.8 Å². The number of imide groups is 1. The van der Waals surface area contributed by atoms with Gasteiger partial charge in [-0.3, -0.25) is 9.69 Å². The summed E-state index contributed by atoms with van der Waals surface area (Å²) in [6.07, 6.45) is 2.65. The van der Waals surface area contributed by atoms with Crippen LogP contribution in [0.5, 0.6) is 0 Å². The summed E-state index contributed by atoms with van der Waals surface area (Å²) in [5, 5.41) is 12.9. The fourth-order valence-electron chi connectivity index (χ4n) is 5.77. The van der Waals surface area contributed by atoms with E-state index in [9.17, 15) is 9.59 Å². The number of aromatic nitrogens is 4. The quantitative estimate of drug-likeness (QED) is 0.407. The van der Waals surface area contributed by atoms with Crippen LogP contribution >= 0.6 is 11.8 Å². The van der Waals surface area contributed by atoms with Crippen LogP contribution in [0.2, 0.25) is 0 Å². The zero-order chi connectivity index (χ0) is 27.6. The van der Waals surface area contributed by atoms with E-state index < -0.39 is 12.2 Å². The lowest BCUT2D eigenvalue weighted by molar-refractivity contribution is -0.136. The molecular formula is C28H33N9O2S. The number of likely N-dealkylation sites (tertiary alicyclic amines) is 1. The number of urea groups is 1. The van der Waals surface area contributed by atoms with Crippen LogP contribution in [-0.2, 0) is 11.2 Å². The maximum Gasteiger partial charge on any atom is 0.328 e. The number of carbonyl (C=O) groups is 2. The third-order valence-corrected chi connectivity index (χ3v) is 8.86. The second-order valence-electron chi connectivity index (χ2n) is 10.4. The molecule has 3 aromatic rings. The summed E-state index contributed by atoms with van der Waals surface area (Å²) in [5.74, 6) is 1.85. The fourth-order valence-corrected chi connectivity index (χ4v) is 6.60. The van der Waals surface area contributed by atoms with Gasteiger partial charge >= 0.3 is 6.03 Å². The highest BCUT2D eigenvalue weighted by atomic mass is 32.2. The standard InChI is InChI=1S/C28H33N9O2S/c1-33-24-23(25(38)34(2)28(33)39)36(17-18-40-27-30-31-32-37(27)22-11-7-4-8-12-22)26(29-24)35-15-13-21(14-16-35)19-20-9-5-3-6-10-20/h3-12,21,23-24H,13-19H2,1-2H3. The number of fused-ring (bicyclic) bond motifs is 1. The Balaban J connectivity index is 1.17. The van der Waals surface area contributed by atoms with Gasteiger partial charge in [0, 0.05) is 39.5 Å². The van der Waals surface area contributed by atoms with Crippen molar-refractivity contribution in [3.05, 3.63) is 66.2 Å². The Morgan fingerprint density at radius 3 is 2.38 bits per heavy atom. The number of thioether (sulfide) groups is 1. The molecule has 11 nitrogen and oxygen atoms in total. The third-order valence-electron chi connectivity index (χ3n) is 7.96. The number of amides is 3. The van der Waals surface area contributed by atoms with Gasteiger partial charge in [0.05, 0.1) is 5.69 Å². The molecular weight excluding hydrogens is 526 g/mol. The van der Waals surface area contributed by atoms with Gasteiger partial charge in [-0.15, -0.1) is 5.10 Å². The molecule has 2 unspecified atom stereocenters. The summed E-state index contributed by atoms with van der Waals surface area (Å²) >= 11 is 1.53. The van der Waals surface area contributed by atoms with E-state index in [0.717, 1.165) is 44.0 Å². The third kappa shape index (κ3) is 5.03. The summed E-state index contributed by atoms with van der Waals surface area (Å²) in [6, 6.07) is 19.5. The minimum Gasteiger partial charge on any atom is -0.343 e. The molecule has 12 heteroatoms. The number of benzene rings is 2. The topological polar surface area (TPSA) is 103 Å². The molecule has 2 aromatic carbocycles. The average molecular weight is 560 g/mol. The Morgan fingerprint density at radius 1 is 0.950 bits per heavy atom. The van der Waals surface area contributed by atoms with E-state index in [1.165, 1.54) is 22.2 Å². The smallest absolute Gasteiger partial charge is 0.328 e. The van der Waals surface area contributed by atoms with E-state index in [1.807, 2.05) is 30.3 Å². The minimum atomic E-state index is -0.546. The number of hydrogen-bond acceptors (Lipinski definition) is 9. The molecule has 1 aromatic heterocycles. The molecule has 0 saturated carbocycles. The Labute approximate surface area is 237 Å². The number of aliphatic imine (C=N–C) groups is 1. The number of likely N-dealkylation sites (N-methyl/N-ethyl adjacent to an activating group) is 2. The number of para-hydroxylation sites is 1.